The van der Waals surface area contributed by atoms with Gasteiger partial charge in [0, 0.05) is 23.4 Å². The lowest BCUT2D eigenvalue weighted by atomic mass is 10.0. The fourth-order valence-electron chi connectivity index (χ4n) is 3.10. The van der Waals surface area contributed by atoms with Gasteiger partial charge in [0.2, 0.25) is 0 Å². The largest absolute Gasteiger partial charge is 0.493 e. The first-order chi connectivity index (χ1) is 15.4. The molecule has 0 saturated carbocycles. The second-order valence-corrected chi connectivity index (χ2v) is 8.15. The summed E-state index contributed by atoms with van der Waals surface area (Å²) in [6, 6.07) is 20.5. The molecule has 1 N–H and O–H groups in total. The topological polar surface area (TPSA) is 65.0 Å². The lowest BCUT2D eigenvalue weighted by Crippen LogP contribution is -2.17. The number of hydrogen-bond acceptors (Lipinski definition) is 4. The van der Waals surface area contributed by atoms with Crippen LogP contribution in [0.4, 0.5) is 0 Å². The minimum atomic E-state index is -0.795. The molecule has 0 aliphatic carbocycles. The Hall–Kier alpha value is -3.18. The zero-order valence-corrected chi connectivity index (χ0v) is 19.0. The predicted molar refractivity (Wildman–Crippen MR) is 125 cm³/mol. The maximum absolute atomic E-state index is 10.8. The highest BCUT2D eigenvalue weighted by molar-refractivity contribution is 6.30. The molecular formula is C26H27ClO5. The van der Waals surface area contributed by atoms with Gasteiger partial charge in [0.05, 0.1) is 13.2 Å². The van der Waals surface area contributed by atoms with Gasteiger partial charge in [-0.2, -0.15) is 0 Å². The van der Waals surface area contributed by atoms with Gasteiger partial charge in [0.25, 0.3) is 0 Å². The third-order valence-electron chi connectivity index (χ3n) is 4.86. The Bertz CT molecular complexity index is 1040. The summed E-state index contributed by atoms with van der Waals surface area (Å²) in [6.07, 6.45) is 0.635. The maximum atomic E-state index is 10.8. The van der Waals surface area contributed by atoms with Gasteiger partial charge in [-0.05, 0) is 60.9 Å². The molecule has 0 bridgehead atoms. The second-order valence-electron chi connectivity index (χ2n) is 7.72. The monoisotopic (exact) mass is 454 g/mol. The third-order valence-corrected chi connectivity index (χ3v) is 5.09. The number of hydrogen-bond donors (Lipinski definition) is 1. The van der Waals surface area contributed by atoms with Crippen molar-refractivity contribution in [2.75, 3.05) is 13.2 Å². The van der Waals surface area contributed by atoms with Crippen molar-refractivity contribution in [3.05, 3.63) is 82.9 Å². The molecule has 0 heterocycles. The summed E-state index contributed by atoms with van der Waals surface area (Å²) >= 11 is 6.14. The van der Waals surface area contributed by atoms with Crippen LogP contribution < -0.4 is 14.2 Å². The van der Waals surface area contributed by atoms with E-state index in [2.05, 4.69) is 0 Å². The minimum Gasteiger partial charge on any atom is -0.493 e. The Morgan fingerprint density at radius 1 is 0.938 bits per heavy atom. The summed E-state index contributed by atoms with van der Waals surface area (Å²) in [7, 11) is 0. The van der Waals surface area contributed by atoms with E-state index in [1.54, 1.807) is 18.2 Å². The van der Waals surface area contributed by atoms with Crippen LogP contribution in [0.3, 0.4) is 0 Å². The first-order valence-electron chi connectivity index (χ1n) is 10.5. The first-order valence-corrected chi connectivity index (χ1v) is 10.9. The van der Waals surface area contributed by atoms with Crippen LogP contribution in [0.1, 0.15) is 24.5 Å². The number of carboxylic acid groups (broad SMARTS) is 1. The summed E-state index contributed by atoms with van der Waals surface area (Å²) in [4.78, 5) is 10.8. The van der Waals surface area contributed by atoms with E-state index < -0.39 is 5.97 Å². The van der Waals surface area contributed by atoms with Crippen LogP contribution in [0.5, 0.6) is 23.0 Å². The van der Waals surface area contributed by atoms with Crippen molar-refractivity contribution in [3.8, 4) is 23.0 Å². The van der Waals surface area contributed by atoms with Crippen LogP contribution in [-0.2, 0) is 11.2 Å². The van der Waals surface area contributed by atoms with E-state index in [1.165, 1.54) is 0 Å². The highest BCUT2D eigenvalue weighted by Gasteiger charge is 2.11. The molecule has 0 aliphatic heterocycles. The van der Waals surface area contributed by atoms with Crippen LogP contribution in [0, 0.1) is 12.8 Å². The standard InChI is InChI=1S/C26H27ClO5/c1-18(16-30-23-11-8-20(19(2)14-23)9-13-26(28)29)17-31-24-12-10-21(27)15-25(24)32-22-6-4-3-5-7-22/h3-8,10-12,14-15,18H,9,13,16-17H2,1-2H3,(H,28,29). The molecule has 1 unspecified atom stereocenters. The van der Waals surface area contributed by atoms with E-state index >= 15 is 0 Å². The summed E-state index contributed by atoms with van der Waals surface area (Å²) in [6.45, 7) is 4.94. The van der Waals surface area contributed by atoms with Crippen molar-refractivity contribution in [3.63, 3.8) is 0 Å². The van der Waals surface area contributed by atoms with Gasteiger partial charge in [-0.25, -0.2) is 0 Å². The number of rotatable bonds is 11. The highest BCUT2D eigenvalue weighted by Crippen LogP contribution is 2.34. The van der Waals surface area contributed by atoms with Gasteiger partial charge in [-0.1, -0.05) is 42.8 Å². The zero-order chi connectivity index (χ0) is 22.9. The molecular weight excluding hydrogens is 428 g/mol. The highest BCUT2D eigenvalue weighted by atomic mass is 35.5. The molecule has 0 spiro atoms. The molecule has 1 atom stereocenters. The Morgan fingerprint density at radius 3 is 2.41 bits per heavy atom. The van der Waals surface area contributed by atoms with Crippen LogP contribution in [0.15, 0.2) is 66.7 Å². The van der Waals surface area contributed by atoms with Crippen LogP contribution in [0.2, 0.25) is 5.02 Å². The fraction of sp³-hybridized carbons (Fsp3) is 0.269. The average Bonchev–Trinajstić information content (AvgIpc) is 2.77. The molecule has 3 rings (SSSR count). The number of carbonyl (C=O) groups is 1. The normalized spacial score (nSPS) is 11.6. The fourth-order valence-corrected chi connectivity index (χ4v) is 3.26. The van der Waals surface area contributed by atoms with Crippen molar-refractivity contribution >= 4 is 17.6 Å². The number of halogens is 1. The van der Waals surface area contributed by atoms with E-state index in [4.69, 9.17) is 30.9 Å². The number of benzene rings is 3. The molecule has 0 saturated heterocycles. The summed E-state index contributed by atoms with van der Waals surface area (Å²) in [5, 5.41) is 9.42. The molecule has 32 heavy (non-hydrogen) atoms. The molecule has 0 amide bonds. The van der Waals surface area contributed by atoms with Crippen molar-refractivity contribution in [1.29, 1.82) is 0 Å². The van der Waals surface area contributed by atoms with Gasteiger partial charge in [-0.3, -0.25) is 4.79 Å². The quantitative estimate of drug-likeness (QED) is 0.355. The summed E-state index contributed by atoms with van der Waals surface area (Å²) in [5.74, 6) is 1.97. The van der Waals surface area contributed by atoms with E-state index in [0.717, 1.165) is 16.9 Å². The predicted octanol–water partition coefficient (Wildman–Crippen LogP) is 6.55. The summed E-state index contributed by atoms with van der Waals surface area (Å²) < 4.78 is 17.8. The average molecular weight is 455 g/mol. The molecule has 6 heteroatoms. The van der Waals surface area contributed by atoms with Crippen molar-refractivity contribution in [2.45, 2.75) is 26.7 Å². The molecule has 0 aromatic heterocycles. The van der Waals surface area contributed by atoms with E-state index in [-0.39, 0.29) is 12.3 Å². The number of carboxylic acids is 1. The SMILES string of the molecule is Cc1cc(OCC(C)COc2ccc(Cl)cc2Oc2ccccc2)ccc1CCC(=O)O. The minimum absolute atomic E-state index is 0.121. The Morgan fingerprint density at radius 2 is 1.69 bits per heavy atom. The van der Waals surface area contributed by atoms with Gasteiger partial charge < -0.3 is 19.3 Å². The first kappa shape index (κ1) is 23.5. The third kappa shape index (κ3) is 7.20. The number of para-hydroxylation sites is 1. The lowest BCUT2D eigenvalue weighted by Gasteiger charge is -2.17. The van der Waals surface area contributed by atoms with Gasteiger partial charge >= 0.3 is 5.97 Å². The van der Waals surface area contributed by atoms with Gasteiger partial charge in [0.1, 0.15) is 11.5 Å². The van der Waals surface area contributed by atoms with Gasteiger partial charge in [0.15, 0.2) is 11.5 Å². The van der Waals surface area contributed by atoms with E-state index in [0.29, 0.717) is 41.9 Å². The number of ether oxygens (including phenoxy) is 3. The van der Waals surface area contributed by atoms with Crippen molar-refractivity contribution in [2.24, 2.45) is 5.92 Å². The molecule has 3 aromatic carbocycles. The van der Waals surface area contributed by atoms with E-state index in [1.807, 2.05) is 62.4 Å². The second kappa shape index (κ2) is 11.4. The van der Waals surface area contributed by atoms with Gasteiger partial charge in [-0.15, -0.1) is 0 Å². The molecule has 168 valence electrons. The molecule has 0 fully saturated rings. The molecule has 0 aliphatic rings. The van der Waals surface area contributed by atoms with Crippen LogP contribution in [0.25, 0.3) is 0 Å². The Balaban J connectivity index is 1.53. The number of aliphatic carboxylic acids is 1. The van der Waals surface area contributed by atoms with Crippen LogP contribution >= 0.6 is 11.6 Å². The zero-order valence-electron chi connectivity index (χ0n) is 18.2. The van der Waals surface area contributed by atoms with Crippen molar-refractivity contribution in [1.82, 2.24) is 0 Å². The molecule has 0 radical (unpaired) electrons. The Kier molecular flexibility index (Phi) is 8.40. The maximum Gasteiger partial charge on any atom is 0.303 e. The molecule has 5 nitrogen and oxygen atoms in total. The van der Waals surface area contributed by atoms with Crippen molar-refractivity contribution < 1.29 is 24.1 Å². The van der Waals surface area contributed by atoms with E-state index in [9.17, 15) is 4.79 Å². The lowest BCUT2D eigenvalue weighted by molar-refractivity contribution is -0.136. The summed E-state index contributed by atoms with van der Waals surface area (Å²) in [5.41, 5.74) is 2.04. The van der Waals surface area contributed by atoms with Crippen LogP contribution in [-0.4, -0.2) is 24.3 Å². The molecule has 3 aromatic rings. The number of aryl methyl sites for hydroxylation is 2. The Labute approximate surface area is 193 Å². The smallest absolute Gasteiger partial charge is 0.303 e.